The fraction of sp³-hybridized carbons (Fsp3) is 0.0870. The van der Waals surface area contributed by atoms with E-state index in [1.807, 2.05) is 48.5 Å². The number of nitrogens with zero attached hydrogens (tertiary/aromatic N) is 3. The molecular formula is C23H21N5O. The van der Waals surface area contributed by atoms with Gasteiger partial charge in [-0.1, -0.05) is 30.3 Å². The lowest BCUT2D eigenvalue weighted by Gasteiger charge is -2.16. The number of rotatable bonds is 6. The first-order valence-electron chi connectivity index (χ1n) is 9.38. The van der Waals surface area contributed by atoms with Gasteiger partial charge >= 0.3 is 0 Å². The normalized spacial score (nSPS) is 11.6. The molecule has 2 aromatic carbocycles. The molecule has 2 N–H and O–H groups in total. The van der Waals surface area contributed by atoms with E-state index in [1.54, 1.807) is 35.4 Å². The molecule has 4 aromatic rings. The third-order valence-electron chi connectivity index (χ3n) is 4.57. The van der Waals surface area contributed by atoms with Crippen LogP contribution in [-0.4, -0.2) is 20.7 Å². The zero-order chi connectivity index (χ0) is 20.1. The second-order valence-corrected chi connectivity index (χ2v) is 6.66. The monoisotopic (exact) mass is 383 g/mol. The maximum atomic E-state index is 12.5. The van der Waals surface area contributed by atoms with Gasteiger partial charge in [-0.25, -0.2) is 9.67 Å². The summed E-state index contributed by atoms with van der Waals surface area (Å²) in [5, 5.41) is 10.5. The number of amides is 1. The zero-order valence-corrected chi connectivity index (χ0v) is 16.0. The molecule has 0 saturated heterocycles. The summed E-state index contributed by atoms with van der Waals surface area (Å²) in [4.78, 5) is 16.8. The van der Waals surface area contributed by atoms with Crippen molar-refractivity contribution >= 4 is 17.3 Å². The number of hydrogen-bond donors (Lipinski definition) is 2. The molecule has 0 fully saturated rings. The van der Waals surface area contributed by atoms with Crippen LogP contribution in [0.3, 0.4) is 0 Å². The van der Waals surface area contributed by atoms with Crippen LogP contribution < -0.4 is 10.6 Å². The number of aromatic nitrogens is 3. The SMILES string of the molecule is CC(Nc1ccc(NC(=O)c2ccc(-n3cccn3)nc2)cc1)c1ccccc1. The summed E-state index contributed by atoms with van der Waals surface area (Å²) in [5.41, 5.74) is 3.42. The Morgan fingerprint density at radius 1 is 0.931 bits per heavy atom. The van der Waals surface area contributed by atoms with Crippen LogP contribution in [0.5, 0.6) is 0 Å². The molecule has 0 aliphatic rings. The maximum Gasteiger partial charge on any atom is 0.257 e. The van der Waals surface area contributed by atoms with Gasteiger partial charge in [0.05, 0.1) is 5.56 Å². The van der Waals surface area contributed by atoms with Crippen LogP contribution in [0.2, 0.25) is 0 Å². The van der Waals surface area contributed by atoms with Gasteiger partial charge < -0.3 is 10.6 Å². The molecular weight excluding hydrogens is 362 g/mol. The highest BCUT2D eigenvalue weighted by atomic mass is 16.1. The Hall–Kier alpha value is -3.93. The molecule has 1 unspecified atom stereocenters. The van der Waals surface area contributed by atoms with Crippen molar-refractivity contribution in [3.8, 4) is 5.82 Å². The number of carbonyl (C=O) groups excluding carboxylic acids is 1. The van der Waals surface area contributed by atoms with Crippen LogP contribution in [-0.2, 0) is 0 Å². The van der Waals surface area contributed by atoms with E-state index in [-0.39, 0.29) is 11.9 Å². The molecule has 0 radical (unpaired) electrons. The molecule has 0 aliphatic carbocycles. The van der Waals surface area contributed by atoms with E-state index in [0.717, 1.165) is 11.4 Å². The summed E-state index contributed by atoms with van der Waals surface area (Å²) in [6, 6.07) is 23.4. The van der Waals surface area contributed by atoms with Crippen molar-refractivity contribution < 1.29 is 4.79 Å². The molecule has 2 aromatic heterocycles. The van der Waals surface area contributed by atoms with Gasteiger partial charge in [-0.2, -0.15) is 5.10 Å². The Balaban J connectivity index is 1.37. The van der Waals surface area contributed by atoms with Gasteiger partial charge in [0.15, 0.2) is 5.82 Å². The van der Waals surface area contributed by atoms with Gasteiger partial charge in [0.2, 0.25) is 0 Å². The average molecular weight is 383 g/mol. The van der Waals surface area contributed by atoms with Gasteiger partial charge in [-0.15, -0.1) is 0 Å². The minimum absolute atomic E-state index is 0.191. The maximum absolute atomic E-state index is 12.5. The molecule has 0 aliphatic heterocycles. The van der Waals surface area contributed by atoms with Crippen molar-refractivity contribution in [1.29, 1.82) is 0 Å². The van der Waals surface area contributed by atoms with Gasteiger partial charge in [-0.05, 0) is 55.0 Å². The van der Waals surface area contributed by atoms with Crippen LogP contribution in [0.25, 0.3) is 5.82 Å². The van der Waals surface area contributed by atoms with Gasteiger partial charge in [-0.3, -0.25) is 4.79 Å². The molecule has 0 spiro atoms. The van der Waals surface area contributed by atoms with Gasteiger partial charge in [0.1, 0.15) is 0 Å². The second kappa shape index (κ2) is 8.39. The van der Waals surface area contributed by atoms with Crippen LogP contribution in [0.1, 0.15) is 28.9 Å². The lowest BCUT2D eigenvalue weighted by molar-refractivity contribution is 0.102. The quantitative estimate of drug-likeness (QED) is 0.507. The number of hydrogen-bond acceptors (Lipinski definition) is 4. The Kier molecular flexibility index (Phi) is 5.33. The Morgan fingerprint density at radius 2 is 1.69 bits per heavy atom. The van der Waals surface area contributed by atoms with Crippen LogP contribution in [0.4, 0.5) is 11.4 Å². The summed E-state index contributed by atoms with van der Waals surface area (Å²) in [6.45, 7) is 2.12. The van der Waals surface area contributed by atoms with Crippen molar-refractivity contribution in [3.63, 3.8) is 0 Å². The minimum atomic E-state index is -0.206. The van der Waals surface area contributed by atoms with Crippen molar-refractivity contribution in [2.24, 2.45) is 0 Å². The minimum Gasteiger partial charge on any atom is -0.379 e. The van der Waals surface area contributed by atoms with E-state index >= 15 is 0 Å². The summed E-state index contributed by atoms with van der Waals surface area (Å²) in [6.07, 6.45) is 5.03. The molecule has 4 rings (SSSR count). The fourth-order valence-electron chi connectivity index (χ4n) is 2.99. The lowest BCUT2D eigenvalue weighted by Crippen LogP contribution is -2.13. The molecule has 1 amide bonds. The molecule has 29 heavy (non-hydrogen) atoms. The Morgan fingerprint density at radius 3 is 2.34 bits per heavy atom. The molecule has 6 heteroatoms. The van der Waals surface area contributed by atoms with Crippen molar-refractivity contribution in [1.82, 2.24) is 14.8 Å². The van der Waals surface area contributed by atoms with Crippen LogP contribution in [0.15, 0.2) is 91.4 Å². The van der Waals surface area contributed by atoms with Gasteiger partial charge in [0.25, 0.3) is 5.91 Å². The molecule has 6 nitrogen and oxygen atoms in total. The van der Waals surface area contributed by atoms with Gasteiger partial charge in [0, 0.05) is 36.0 Å². The lowest BCUT2D eigenvalue weighted by atomic mass is 10.1. The highest BCUT2D eigenvalue weighted by Crippen LogP contribution is 2.21. The first-order valence-corrected chi connectivity index (χ1v) is 9.38. The van der Waals surface area contributed by atoms with E-state index < -0.39 is 0 Å². The zero-order valence-electron chi connectivity index (χ0n) is 16.0. The third-order valence-corrected chi connectivity index (χ3v) is 4.57. The predicted molar refractivity (Wildman–Crippen MR) is 114 cm³/mol. The number of anilines is 2. The number of nitrogens with one attached hydrogen (secondary N) is 2. The predicted octanol–water partition coefficient (Wildman–Crippen LogP) is 4.69. The van der Waals surface area contributed by atoms with Crippen molar-refractivity contribution in [2.45, 2.75) is 13.0 Å². The Labute approximate surface area is 169 Å². The largest absolute Gasteiger partial charge is 0.379 e. The number of benzene rings is 2. The molecule has 0 saturated carbocycles. The third kappa shape index (κ3) is 4.50. The van der Waals surface area contributed by atoms with Crippen molar-refractivity contribution in [3.05, 3.63) is 103 Å². The highest BCUT2D eigenvalue weighted by molar-refractivity contribution is 6.04. The van der Waals surface area contributed by atoms with Crippen LogP contribution >= 0.6 is 0 Å². The standard InChI is InChI=1S/C23H21N5O/c1-17(18-6-3-2-4-7-18)26-20-9-11-21(12-10-20)27-23(29)19-8-13-22(24-16-19)28-15-5-14-25-28/h2-17,26H,1H3,(H,27,29). The number of pyridine rings is 1. The summed E-state index contributed by atoms with van der Waals surface area (Å²) >= 11 is 0. The fourth-order valence-corrected chi connectivity index (χ4v) is 2.99. The highest BCUT2D eigenvalue weighted by Gasteiger charge is 2.09. The average Bonchev–Trinajstić information content (AvgIpc) is 3.31. The number of carbonyl (C=O) groups is 1. The Bertz CT molecular complexity index is 1060. The topological polar surface area (TPSA) is 71.8 Å². The smallest absolute Gasteiger partial charge is 0.257 e. The van der Waals surface area contributed by atoms with E-state index in [0.29, 0.717) is 11.4 Å². The molecule has 0 bridgehead atoms. The van der Waals surface area contributed by atoms with E-state index in [2.05, 4.69) is 39.8 Å². The molecule has 1 atom stereocenters. The summed E-state index contributed by atoms with van der Waals surface area (Å²) < 4.78 is 1.64. The van der Waals surface area contributed by atoms with E-state index in [4.69, 9.17) is 0 Å². The van der Waals surface area contributed by atoms with E-state index in [1.165, 1.54) is 5.56 Å². The summed E-state index contributed by atoms with van der Waals surface area (Å²) in [7, 11) is 0. The van der Waals surface area contributed by atoms with Crippen molar-refractivity contribution in [2.75, 3.05) is 10.6 Å². The summed E-state index contributed by atoms with van der Waals surface area (Å²) in [5.74, 6) is 0.456. The second-order valence-electron chi connectivity index (χ2n) is 6.66. The van der Waals surface area contributed by atoms with Crippen LogP contribution in [0, 0.1) is 0 Å². The molecule has 144 valence electrons. The first-order chi connectivity index (χ1) is 14.2. The molecule has 2 heterocycles. The first kappa shape index (κ1) is 18.4. The van der Waals surface area contributed by atoms with E-state index in [9.17, 15) is 4.79 Å².